The second-order valence-electron chi connectivity index (χ2n) is 6.98. The summed E-state index contributed by atoms with van der Waals surface area (Å²) in [6.07, 6.45) is 3.60. The Morgan fingerprint density at radius 3 is 2.64 bits per heavy atom. The Labute approximate surface area is 154 Å². The summed E-state index contributed by atoms with van der Waals surface area (Å²) in [4.78, 5) is 14.2. The number of halogens is 1. The van der Waals surface area contributed by atoms with E-state index in [4.69, 9.17) is 16.3 Å². The third-order valence-corrected chi connectivity index (χ3v) is 5.47. The van der Waals surface area contributed by atoms with Crippen LogP contribution in [0.25, 0.3) is 0 Å². The molecule has 2 aliphatic rings. The van der Waals surface area contributed by atoms with E-state index in [-0.39, 0.29) is 17.9 Å². The largest absolute Gasteiger partial charge is 0.388 e. The summed E-state index contributed by atoms with van der Waals surface area (Å²) in [7, 11) is 0. The van der Waals surface area contributed by atoms with Crippen molar-refractivity contribution in [2.24, 2.45) is 5.92 Å². The van der Waals surface area contributed by atoms with Gasteiger partial charge in [-0.3, -0.25) is 4.79 Å². The van der Waals surface area contributed by atoms with Crippen LogP contribution in [0.15, 0.2) is 24.3 Å². The number of carbonyl (C=O) groups excluding carboxylic acids is 1. The Morgan fingerprint density at radius 1 is 1.28 bits per heavy atom. The van der Waals surface area contributed by atoms with Gasteiger partial charge in [0.2, 0.25) is 5.91 Å². The van der Waals surface area contributed by atoms with E-state index in [0.29, 0.717) is 24.7 Å². The normalized spacial score (nSPS) is 23.0. The molecule has 6 heteroatoms. The summed E-state index contributed by atoms with van der Waals surface area (Å²) in [6, 6.07) is 7.36. The van der Waals surface area contributed by atoms with Gasteiger partial charge in [-0.2, -0.15) is 0 Å². The average molecular weight is 367 g/mol. The number of rotatable bonds is 6. The first-order chi connectivity index (χ1) is 12.1. The molecule has 0 aliphatic carbocycles. The van der Waals surface area contributed by atoms with Crippen LogP contribution in [0.3, 0.4) is 0 Å². The number of likely N-dealkylation sites (tertiary alicyclic amines) is 1. The van der Waals surface area contributed by atoms with Crippen molar-refractivity contribution in [3.8, 4) is 0 Å². The Hall–Kier alpha value is -1.14. The molecular weight excluding hydrogens is 340 g/mol. The molecule has 2 fully saturated rings. The van der Waals surface area contributed by atoms with E-state index in [1.807, 2.05) is 17.0 Å². The summed E-state index contributed by atoms with van der Waals surface area (Å²) in [5.74, 6) is 0.322. The Kier molecular flexibility index (Phi) is 6.70. The molecule has 1 aromatic rings. The third kappa shape index (κ3) is 5.17. The highest BCUT2D eigenvalue weighted by Gasteiger charge is 2.28. The molecular formula is C19H27ClN2O3. The van der Waals surface area contributed by atoms with Gasteiger partial charge in [0.15, 0.2) is 0 Å². The van der Waals surface area contributed by atoms with Crippen LogP contribution in [-0.4, -0.2) is 54.8 Å². The van der Waals surface area contributed by atoms with E-state index in [1.54, 1.807) is 12.1 Å². The van der Waals surface area contributed by atoms with Gasteiger partial charge < -0.3 is 20.1 Å². The summed E-state index contributed by atoms with van der Waals surface area (Å²) in [6.45, 7) is 3.36. The first-order valence-corrected chi connectivity index (χ1v) is 9.55. The highest BCUT2D eigenvalue weighted by atomic mass is 35.5. The lowest BCUT2D eigenvalue weighted by molar-refractivity contribution is -0.132. The van der Waals surface area contributed by atoms with Gasteiger partial charge in [0, 0.05) is 31.3 Å². The van der Waals surface area contributed by atoms with Gasteiger partial charge >= 0.3 is 0 Å². The van der Waals surface area contributed by atoms with Crippen LogP contribution in [-0.2, 0) is 9.53 Å². The van der Waals surface area contributed by atoms with E-state index in [0.717, 1.165) is 44.4 Å². The number of amides is 1. The molecule has 25 heavy (non-hydrogen) atoms. The lowest BCUT2D eigenvalue weighted by atomic mass is 9.87. The summed E-state index contributed by atoms with van der Waals surface area (Å²) < 4.78 is 5.55. The van der Waals surface area contributed by atoms with Crippen LogP contribution in [0.1, 0.15) is 37.4 Å². The molecule has 2 atom stereocenters. The molecule has 2 N–H and O–H groups in total. The van der Waals surface area contributed by atoms with Gasteiger partial charge in [-0.05, 0) is 49.3 Å². The molecule has 0 spiro atoms. The van der Waals surface area contributed by atoms with Crippen molar-refractivity contribution < 1.29 is 14.6 Å². The first-order valence-electron chi connectivity index (χ1n) is 9.17. The van der Waals surface area contributed by atoms with E-state index in [1.165, 1.54) is 0 Å². The predicted octanol–water partition coefficient (Wildman–Crippen LogP) is 2.38. The number of aliphatic hydroxyl groups excluding tert-OH is 1. The molecule has 1 aromatic carbocycles. The van der Waals surface area contributed by atoms with Crippen LogP contribution in [0, 0.1) is 5.92 Å². The van der Waals surface area contributed by atoms with E-state index < -0.39 is 6.10 Å². The van der Waals surface area contributed by atoms with Crippen molar-refractivity contribution >= 4 is 17.5 Å². The molecule has 5 nitrogen and oxygen atoms in total. The van der Waals surface area contributed by atoms with Crippen LogP contribution < -0.4 is 5.32 Å². The smallest absolute Gasteiger partial charge is 0.236 e. The zero-order chi connectivity index (χ0) is 17.6. The molecule has 0 radical (unpaired) electrons. The number of aliphatic hydroxyl groups is 1. The zero-order valence-electron chi connectivity index (χ0n) is 14.5. The highest BCUT2D eigenvalue weighted by Crippen LogP contribution is 2.31. The lowest BCUT2D eigenvalue weighted by Crippen LogP contribution is -2.44. The standard InChI is InChI=1S/C19H27ClN2O3/c20-16-5-3-14(4-6-16)19(24)15-7-9-22(10-8-15)18(23)13-21-12-17-2-1-11-25-17/h3-6,15,17,19,21,24H,1-2,7-13H2/t17-,19-/m1/s1. The van der Waals surface area contributed by atoms with Gasteiger partial charge in [0.05, 0.1) is 18.8 Å². The van der Waals surface area contributed by atoms with E-state index in [2.05, 4.69) is 5.32 Å². The van der Waals surface area contributed by atoms with Gasteiger partial charge in [-0.15, -0.1) is 0 Å². The van der Waals surface area contributed by atoms with Gasteiger partial charge in [0.1, 0.15) is 0 Å². The van der Waals surface area contributed by atoms with Crippen LogP contribution in [0.4, 0.5) is 0 Å². The predicted molar refractivity (Wildman–Crippen MR) is 97.6 cm³/mol. The summed E-state index contributed by atoms with van der Waals surface area (Å²) in [5.41, 5.74) is 0.896. The van der Waals surface area contributed by atoms with Gasteiger partial charge in [-0.25, -0.2) is 0 Å². The SMILES string of the molecule is O=C(CNC[C@H]1CCCO1)N1CCC([C@H](O)c2ccc(Cl)cc2)CC1. The molecule has 0 aromatic heterocycles. The number of ether oxygens (including phenoxy) is 1. The van der Waals surface area contributed by atoms with Crippen LogP contribution in [0.2, 0.25) is 5.02 Å². The van der Waals surface area contributed by atoms with Crippen molar-refractivity contribution in [1.82, 2.24) is 10.2 Å². The van der Waals surface area contributed by atoms with Crippen molar-refractivity contribution in [2.45, 2.75) is 37.9 Å². The number of nitrogens with one attached hydrogen (secondary N) is 1. The van der Waals surface area contributed by atoms with Crippen LogP contribution in [0.5, 0.6) is 0 Å². The maximum absolute atomic E-state index is 12.3. The maximum atomic E-state index is 12.3. The second kappa shape index (κ2) is 8.99. The average Bonchev–Trinajstić information content (AvgIpc) is 3.15. The Morgan fingerprint density at radius 2 is 2.00 bits per heavy atom. The minimum Gasteiger partial charge on any atom is -0.388 e. The Balaban J connectivity index is 1.40. The second-order valence-corrected chi connectivity index (χ2v) is 7.42. The van der Waals surface area contributed by atoms with Gasteiger partial charge in [0.25, 0.3) is 0 Å². The quantitative estimate of drug-likeness (QED) is 0.811. The van der Waals surface area contributed by atoms with Crippen molar-refractivity contribution in [2.75, 3.05) is 32.8 Å². The fraction of sp³-hybridized carbons (Fsp3) is 0.632. The fourth-order valence-corrected chi connectivity index (χ4v) is 3.78. The molecule has 0 saturated carbocycles. The van der Waals surface area contributed by atoms with E-state index in [9.17, 15) is 9.90 Å². The van der Waals surface area contributed by atoms with Crippen LogP contribution >= 0.6 is 11.6 Å². The topological polar surface area (TPSA) is 61.8 Å². The van der Waals surface area contributed by atoms with Crippen molar-refractivity contribution in [3.05, 3.63) is 34.9 Å². The Bertz CT molecular complexity index is 552. The molecule has 2 heterocycles. The number of nitrogens with zero attached hydrogens (tertiary/aromatic N) is 1. The maximum Gasteiger partial charge on any atom is 0.236 e. The number of benzene rings is 1. The molecule has 0 unspecified atom stereocenters. The van der Waals surface area contributed by atoms with Crippen molar-refractivity contribution in [3.63, 3.8) is 0 Å². The monoisotopic (exact) mass is 366 g/mol. The molecule has 2 saturated heterocycles. The number of hydrogen-bond donors (Lipinski definition) is 2. The third-order valence-electron chi connectivity index (χ3n) is 5.22. The molecule has 138 valence electrons. The number of carbonyl (C=O) groups is 1. The highest BCUT2D eigenvalue weighted by molar-refractivity contribution is 6.30. The summed E-state index contributed by atoms with van der Waals surface area (Å²) >= 11 is 5.90. The number of piperidine rings is 1. The fourth-order valence-electron chi connectivity index (χ4n) is 3.65. The van der Waals surface area contributed by atoms with Gasteiger partial charge in [-0.1, -0.05) is 23.7 Å². The minimum absolute atomic E-state index is 0.137. The summed E-state index contributed by atoms with van der Waals surface area (Å²) in [5, 5.41) is 14.4. The molecule has 3 rings (SSSR count). The molecule has 0 bridgehead atoms. The van der Waals surface area contributed by atoms with E-state index >= 15 is 0 Å². The zero-order valence-corrected chi connectivity index (χ0v) is 15.3. The first kappa shape index (κ1) is 18.6. The minimum atomic E-state index is -0.493. The molecule has 1 amide bonds. The lowest BCUT2D eigenvalue weighted by Gasteiger charge is -2.34. The molecule has 2 aliphatic heterocycles. The number of hydrogen-bond acceptors (Lipinski definition) is 4. The van der Waals surface area contributed by atoms with Crippen molar-refractivity contribution in [1.29, 1.82) is 0 Å².